The van der Waals surface area contributed by atoms with Crippen LogP contribution in [-0.4, -0.2) is 51.5 Å². The number of carbonyl (C=O) groups is 1. The molecule has 178 valence electrons. The van der Waals surface area contributed by atoms with Gasteiger partial charge in [-0.1, -0.05) is 24.3 Å². The third kappa shape index (κ3) is 4.37. The minimum atomic E-state index is -0.410. The zero-order valence-corrected chi connectivity index (χ0v) is 19.3. The highest BCUT2D eigenvalue weighted by atomic mass is 32.1. The van der Waals surface area contributed by atoms with Gasteiger partial charge in [0.15, 0.2) is 0 Å². The number of thiophene rings is 1. The first-order valence-corrected chi connectivity index (χ1v) is 11.8. The first kappa shape index (κ1) is 22.7. The van der Waals surface area contributed by atoms with Crippen LogP contribution in [0.3, 0.4) is 0 Å². The molecule has 0 radical (unpaired) electrons. The third-order valence-corrected chi connectivity index (χ3v) is 6.96. The van der Waals surface area contributed by atoms with E-state index < -0.39 is 4.92 Å². The van der Waals surface area contributed by atoms with Crippen molar-refractivity contribution in [3.63, 3.8) is 0 Å². The molecular weight excluding hydrogens is 473 g/mol. The summed E-state index contributed by atoms with van der Waals surface area (Å²) in [5.41, 5.74) is 1.59. The van der Waals surface area contributed by atoms with E-state index in [1.54, 1.807) is 40.6 Å². The molecule has 1 fully saturated rings. The van der Waals surface area contributed by atoms with Crippen LogP contribution >= 0.6 is 11.3 Å². The van der Waals surface area contributed by atoms with Crippen LogP contribution in [0.4, 0.5) is 15.8 Å². The largest absolute Gasteiger partial charge is 0.362 e. The number of rotatable bonds is 5. The first-order chi connectivity index (χ1) is 16.9. The van der Waals surface area contributed by atoms with E-state index in [1.165, 1.54) is 40.4 Å². The Bertz CT molecular complexity index is 1480. The maximum atomic E-state index is 13.3. The number of benzene rings is 2. The van der Waals surface area contributed by atoms with Crippen LogP contribution in [0, 0.1) is 15.9 Å². The number of nitro groups is 1. The normalized spacial score (nSPS) is 13.9. The summed E-state index contributed by atoms with van der Waals surface area (Å²) in [5, 5.41) is 13.5. The predicted octanol–water partition coefficient (Wildman–Crippen LogP) is 3.52. The molecule has 3 heterocycles. The van der Waals surface area contributed by atoms with E-state index in [-0.39, 0.29) is 29.5 Å². The molecule has 11 heteroatoms. The SMILES string of the molecule is O=C(Cn1cnc2scc(-c3ccc(F)cc3)c2c1=O)N1CCN(c2ccccc2[N+](=O)[O-])CC1. The highest BCUT2D eigenvalue weighted by Gasteiger charge is 2.26. The van der Waals surface area contributed by atoms with Crippen molar-refractivity contribution < 1.29 is 14.1 Å². The number of hydrogen-bond donors (Lipinski definition) is 0. The Morgan fingerprint density at radius 2 is 1.80 bits per heavy atom. The number of amides is 1. The van der Waals surface area contributed by atoms with Gasteiger partial charge in [-0.05, 0) is 23.8 Å². The lowest BCUT2D eigenvalue weighted by atomic mass is 10.1. The van der Waals surface area contributed by atoms with E-state index in [1.807, 2.05) is 4.90 Å². The lowest BCUT2D eigenvalue weighted by Gasteiger charge is -2.35. The van der Waals surface area contributed by atoms with Crippen molar-refractivity contribution in [2.75, 3.05) is 31.1 Å². The molecule has 1 aliphatic rings. The van der Waals surface area contributed by atoms with Crippen LogP contribution in [0.2, 0.25) is 0 Å². The van der Waals surface area contributed by atoms with Crippen LogP contribution in [0.1, 0.15) is 0 Å². The highest BCUT2D eigenvalue weighted by molar-refractivity contribution is 7.17. The molecule has 1 saturated heterocycles. The smallest absolute Gasteiger partial charge is 0.292 e. The summed E-state index contributed by atoms with van der Waals surface area (Å²) in [6, 6.07) is 12.4. The first-order valence-electron chi connectivity index (χ1n) is 10.9. The van der Waals surface area contributed by atoms with Gasteiger partial charge in [-0.15, -0.1) is 11.3 Å². The van der Waals surface area contributed by atoms with E-state index in [0.29, 0.717) is 53.2 Å². The molecule has 2 aromatic heterocycles. The lowest BCUT2D eigenvalue weighted by Crippen LogP contribution is -2.50. The van der Waals surface area contributed by atoms with E-state index in [9.17, 15) is 24.1 Å². The molecule has 1 aliphatic heterocycles. The maximum Gasteiger partial charge on any atom is 0.292 e. The van der Waals surface area contributed by atoms with Crippen LogP contribution in [0.5, 0.6) is 0 Å². The molecule has 0 unspecified atom stereocenters. The zero-order chi connectivity index (χ0) is 24.5. The van der Waals surface area contributed by atoms with Crippen molar-refractivity contribution in [2.45, 2.75) is 6.54 Å². The summed E-state index contributed by atoms with van der Waals surface area (Å²) in [7, 11) is 0. The number of hydrogen-bond acceptors (Lipinski definition) is 7. The standard InChI is InChI=1S/C24H20FN5O4S/c25-17-7-5-16(6-8-17)18-14-35-23-22(18)24(32)29(15-26-23)13-21(31)28-11-9-27(10-12-28)19-3-1-2-4-20(19)30(33)34/h1-8,14-15H,9-13H2. The molecule has 0 aliphatic carbocycles. The van der Waals surface area contributed by atoms with Gasteiger partial charge in [-0.25, -0.2) is 9.37 Å². The van der Waals surface area contributed by atoms with Crippen LogP contribution in [0.15, 0.2) is 65.0 Å². The van der Waals surface area contributed by atoms with Crippen LogP contribution in [-0.2, 0) is 11.3 Å². The predicted molar refractivity (Wildman–Crippen MR) is 131 cm³/mol. The summed E-state index contributed by atoms with van der Waals surface area (Å²) < 4.78 is 14.6. The molecule has 35 heavy (non-hydrogen) atoms. The van der Waals surface area contributed by atoms with Crippen molar-refractivity contribution in [3.8, 4) is 11.1 Å². The fourth-order valence-electron chi connectivity index (χ4n) is 4.25. The van der Waals surface area contributed by atoms with Gasteiger partial charge in [0.05, 0.1) is 16.6 Å². The minimum Gasteiger partial charge on any atom is -0.362 e. The second-order valence-electron chi connectivity index (χ2n) is 8.13. The van der Waals surface area contributed by atoms with E-state index >= 15 is 0 Å². The molecule has 1 amide bonds. The molecule has 0 bridgehead atoms. The second-order valence-corrected chi connectivity index (χ2v) is 8.99. The van der Waals surface area contributed by atoms with Gasteiger partial charge < -0.3 is 9.80 Å². The quantitative estimate of drug-likeness (QED) is 0.311. The summed E-state index contributed by atoms with van der Waals surface area (Å²) in [6.45, 7) is 1.50. The molecule has 0 atom stereocenters. The number of anilines is 1. The molecule has 4 aromatic rings. The number of piperazine rings is 1. The minimum absolute atomic E-state index is 0.0333. The molecule has 5 rings (SSSR count). The number of carbonyl (C=O) groups excluding carboxylic acids is 1. The van der Waals surface area contributed by atoms with E-state index in [0.717, 1.165) is 0 Å². The summed E-state index contributed by atoms with van der Waals surface area (Å²) >= 11 is 1.32. The topological polar surface area (TPSA) is 102 Å². The lowest BCUT2D eigenvalue weighted by molar-refractivity contribution is -0.384. The zero-order valence-electron chi connectivity index (χ0n) is 18.5. The van der Waals surface area contributed by atoms with Crippen LogP contribution < -0.4 is 10.5 Å². The molecule has 0 N–H and O–H groups in total. The summed E-state index contributed by atoms with van der Waals surface area (Å²) in [6.07, 6.45) is 1.37. The Morgan fingerprint density at radius 1 is 1.09 bits per heavy atom. The maximum absolute atomic E-state index is 13.3. The van der Waals surface area contributed by atoms with Crippen molar-refractivity contribution in [3.05, 3.63) is 86.5 Å². The van der Waals surface area contributed by atoms with Crippen molar-refractivity contribution in [2.24, 2.45) is 0 Å². The fourth-order valence-corrected chi connectivity index (χ4v) is 5.16. The van der Waals surface area contributed by atoms with Crippen molar-refractivity contribution in [1.29, 1.82) is 0 Å². The number of nitro benzene ring substituents is 1. The Hall–Kier alpha value is -4.12. The van der Waals surface area contributed by atoms with Gasteiger partial charge in [0.25, 0.3) is 11.2 Å². The molecule has 0 saturated carbocycles. The Kier molecular flexibility index (Phi) is 6.00. The monoisotopic (exact) mass is 493 g/mol. The molecule has 9 nitrogen and oxygen atoms in total. The van der Waals surface area contributed by atoms with E-state index in [4.69, 9.17) is 0 Å². The number of fused-ring (bicyclic) bond motifs is 1. The van der Waals surface area contributed by atoms with Gasteiger partial charge in [-0.2, -0.15) is 0 Å². The van der Waals surface area contributed by atoms with Crippen LogP contribution in [0.25, 0.3) is 21.3 Å². The molecule has 0 spiro atoms. The summed E-state index contributed by atoms with van der Waals surface area (Å²) in [5.74, 6) is -0.592. The number of para-hydroxylation sites is 2. The van der Waals surface area contributed by atoms with Gasteiger partial charge in [0.1, 0.15) is 22.9 Å². The third-order valence-electron chi connectivity index (χ3n) is 6.07. The van der Waals surface area contributed by atoms with Gasteiger partial charge in [0, 0.05) is 43.2 Å². The highest BCUT2D eigenvalue weighted by Crippen LogP contribution is 2.31. The van der Waals surface area contributed by atoms with Crippen molar-refractivity contribution >= 4 is 38.8 Å². The van der Waals surface area contributed by atoms with Gasteiger partial charge >= 0.3 is 0 Å². The van der Waals surface area contributed by atoms with E-state index in [2.05, 4.69) is 4.98 Å². The molecule has 2 aromatic carbocycles. The Labute approximate surface area is 202 Å². The number of aromatic nitrogens is 2. The Balaban J connectivity index is 1.32. The van der Waals surface area contributed by atoms with Crippen molar-refractivity contribution in [1.82, 2.24) is 14.5 Å². The average Bonchev–Trinajstić information content (AvgIpc) is 3.31. The summed E-state index contributed by atoms with van der Waals surface area (Å²) in [4.78, 5) is 45.6. The Morgan fingerprint density at radius 3 is 2.51 bits per heavy atom. The average molecular weight is 494 g/mol. The van der Waals surface area contributed by atoms with Gasteiger partial charge in [-0.3, -0.25) is 24.3 Å². The molecular formula is C24H20FN5O4S. The second kappa shape index (κ2) is 9.26. The number of nitrogens with zero attached hydrogens (tertiary/aromatic N) is 5. The number of halogens is 1. The van der Waals surface area contributed by atoms with Gasteiger partial charge in [0.2, 0.25) is 5.91 Å². The fraction of sp³-hybridized carbons (Fsp3) is 0.208.